The highest BCUT2D eigenvalue weighted by molar-refractivity contribution is 7.80. The first kappa shape index (κ1) is 13.5. The molecule has 0 aliphatic rings. The molecular formula is C16H14N4S. The Balaban J connectivity index is 2.21. The van der Waals surface area contributed by atoms with E-state index < -0.39 is 0 Å². The highest BCUT2D eigenvalue weighted by Gasteiger charge is 2.12. The van der Waals surface area contributed by atoms with Gasteiger partial charge >= 0.3 is 0 Å². The third-order valence-electron chi connectivity index (χ3n) is 3.31. The van der Waals surface area contributed by atoms with Gasteiger partial charge in [0.05, 0.1) is 28.1 Å². The summed E-state index contributed by atoms with van der Waals surface area (Å²) in [7, 11) is 0. The molecule has 0 spiro atoms. The Kier molecular flexibility index (Phi) is 3.50. The molecule has 3 aromatic rings. The lowest BCUT2D eigenvalue weighted by molar-refractivity contribution is 1.20. The summed E-state index contributed by atoms with van der Waals surface area (Å²) in [6, 6.07) is 11.7. The molecule has 3 N–H and O–H groups in total. The molecule has 1 aromatic carbocycles. The molecule has 21 heavy (non-hydrogen) atoms. The Bertz CT molecular complexity index is 829. The second-order valence-electron chi connectivity index (χ2n) is 4.69. The molecule has 0 aliphatic carbocycles. The van der Waals surface area contributed by atoms with Crippen molar-refractivity contribution in [2.75, 3.05) is 5.32 Å². The van der Waals surface area contributed by atoms with E-state index in [-0.39, 0.29) is 0 Å². The van der Waals surface area contributed by atoms with Crippen LogP contribution in [0, 0.1) is 6.92 Å². The maximum absolute atomic E-state index is 5.83. The first-order chi connectivity index (χ1) is 10.2. The smallest absolute Gasteiger partial charge is 0.107 e. The number of para-hydroxylation sites is 1. The molecular weight excluding hydrogens is 280 g/mol. The van der Waals surface area contributed by atoms with Gasteiger partial charge in [-0.05, 0) is 25.1 Å². The van der Waals surface area contributed by atoms with E-state index in [0.717, 1.165) is 33.5 Å². The first-order valence-corrected chi connectivity index (χ1v) is 6.94. The van der Waals surface area contributed by atoms with Crippen LogP contribution in [0.2, 0.25) is 0 Å². The molecule has 0 unspecified atom stereocenters. The van der Waals surface area contributed by atoms with Gasteiger partial charge in [0.25, 0.3) is 0 Å². The average Bonchev–Trinajstić information content (AvgIpc) is 2.49. The molecule has 3 rings (SSSR count). The van der Waals surface area contributed by atoms with Crippen molar-refractivity contribution in [3.8, 4) is 0 Å². The Morgan fingerprint density at radius 2 is 1.95 bits per heavy atom. The number of aryl methyl sites for hydroxylation is 1. The molecule has 4 nitrogen and oxygen atoms in total. The molecule has 2 heterocycles. The van der Waals surface area contributed by atoms with Crippen molar-refractivity contribution >= 4 is 39.5 Å². The van der Waals surface area contributed by atoms with Gasteiger partial charge in [0.1, 0.15) is 4.99 Å². The fourth-order valence-corrected chi connectivity index (χ4v) is 2.37. The Labute approximate surface area is 128 Å². The summed E-state index contributed by atoms with van der Waals surface area (Å²) in [6.07, 6.45) is 3.47. The number of nitrogens with one attached hydrogen (secondary N) is 1. The molecule has 0 fully saturated rings. The number of thiocarbonyl (C=S) groups is 1. The van der Waals surface area contributed by atoms with Gasteiger partial charge in [-0.15, -0.1) is 0 Å². The van der Waals surface area contributed by atoms with Crippen molar-refractivity contribution in [2.45, 2.75) is 6.92 Å². The fraction of sp³-hybridized carbons (Fsp3) is 0.0625. The normalized spacial score (nSPS) is 10.5. The molecule has 2 aromatic heterocycles. The van der Waals surface area contributed by atoms with Crippen LogP contribution in [0.25, 0.3) is 10.9 Å². The number of anilines is 2. The van der Waals surface area contributed by atoms with E-state index in [1.807, 2.05) is 43.3 Å². The van der Waals surface area contributed by atoms with Crippen molar-refractivity contribution < 1.29 is 0 Å². The van der Waals surface area contributed by atoms with E-state index in [1.54, 1.807) is 12.4 Å². The molecule has 5 heteroatoms. The second-order valence-corrected chi connectivity index (χ2v) is 5.13. The average molecular weight is 294 g/mol. The first-order valence-electron chi connectivity index (χ1n) is 6.53. The predicted molar refractivity (Wildman–Crippen MR) is 89.9 cm³/mol. The number of benzene rings is 1. The van der Waals surface area contributed by atoms with Gasteiger partial charge in [0.2, 0.25) is 0 Å². The molecule has 0 amide bonds. The van der Waals surface area contributed by atoms with Crippen LogP contribution < -0.4 is 11.1 Å². The number of fused-ring (bicyclic) bond motifs is 1. The van der Waals surface area contributed by atoms with E-state index in [0.29, 0.717) is 4.99 Å². The van der Waals surface area contributed by atoms with Gasteiger partial charge in [-0.2, -0.15) is 0 Å². The van der Waals surface area contributed by atoms with E-state index >= 15 is 0 Å². The minimum Gasteiger partial charge on any atom is -0.389 e. The lowest BCUT2D eigenvalue weighted by Gasteiger charge is -2.15. The second kappa shape index (κ2) is 5.46. The number of hydrogen-bond donors (Lipinski definition) is 2. The maximum Gasteiger partial charge on any atom is 0.107 e. The van der Waals surface area contributed by atoms with Gasteiger partial charge in [-0.1, -0.05) is 30.4 Å². The summed E-state index contributed by atoms with van der Waals surface area (Å²) in [5.74, 6) is 0. The topological polar surface area (TPSA) is 63.8 Å². The Morgan fingerprint density at radius 3 is 2.71 bits per heavy atom. The highest BCUT2D eigenvalue weighted by Crippen LogP contribution is 2.29. The Hall–Kier alpha value is -2.53. The molecule has 0 saturated heterocycles. The summed E-state index contributed by atoms with van der Waals surface area (Å²) >= 11 is 5.14. The van der Waals surface area contributed by atoms with Crippen LogP contribution in [0.3, 0.4) is 0 Å². The van der Waals surface area contributed by atoms with Crippen molar-refractivity contribution in [1.29, 1.82) is 0 Å². The summed E-state index contributed by atoms with van der Waals surface area (Å²) in [5.41, 5.74) is 10.1. The molecule has 0 atom stereocenters. The third-order valence-corrected chi connectivity index (χ3v) is 3.53. The fourth-order valence-electron chi connectivity index (χ4n) is 2.21. The van der Waals surface area contributed by atoms with Crippen LogP contribution in [0.4, 0.5) is 11.4 Å². The van der Waals surface area contributed by atoms with Crippen LogP contribution in [0.1, 0.15) is 11.3 Å². The summed E-state index contributed by atoms with van der Waals surface area (Å²) in [6.45, 7) is 1.95. The molecule has 0 radical (unpaired) electrons. The minimum absolute atomic E-state index is 0.317. The summed E-state index contributed by atoms with van der Waals surface area (Å²) in [4.78, 5) is 9.01. The summed E-state index contributed by atoms with van der Waals surface area (Å²) < 4.78 is 0. The van der Waals surface area contributed by atoms with E-state index in [2.05, 4.69) is 15.3 Å². The molecule has 0 bridgehead atoms. The van der Waals surface area contributed by atoms with Gasteiger partial charge in [0.15, 0.2) is 0 Å². The van der Waals surface area contributed by atoms with Gasteiger partial charge in [-0.3, -0.25) is 9.97 Å². The number of hydrogen-bond acceptors (Lipinski definition) is 4. The molecule has 104 valence electrons. The molecule has 0 saturated carbocycles. The maximum atomic E-state index is 5.83. The predicted octanol–water partition coefficient (Wildman–Crippen LogP) is 3.32. The lowest BCUT2D eigenvalue weighted by Crippen LogP contribution is -2.13. The van der Waals surface area contributed by atoms with Crippen molar-refractivity contribution in [2.24, 2.45) is 5.73 Å². The highest BCUT2D eigenvalue weighted by atomic mass is 32.1. The standard InChI is InChI=1S/C16H14N4S/c1-10-13(7-4-8-18-10)20-15-11-5-2-3-6-14(11)19-9-12(15)16(17)21/h2-9H,1H3,(H2,17,21)(H,19,20). The van der Waals surface area contributed by atoms with Crippen molar-refractivity contribution in [1.82, 2.24) is 9.97 Å². The Morgan fingerprint density at radius 1 is 1.14 bits per heavy atom. The number of aromatic nitrogens is 2. The van der Waals surface area contributed by atoms with Crippen LogP contribution >= 0.6 is 12.2 Å². The largest absolute Gasteiger partial charge is 0.389 e. The third kappa shape index (κ3) is 2.55. The van der Waals surface area contributed by atoms with E-state index in [1.165, 1.54) is 0 Å². The summed E-state index contributed by atoms with van der Waals surface area (Å²) in [5, 5.41) is 4.37. The molecule has 0 aliphatic heterocycles. The van der Waals surface area contributed by atoms with Gasteiger partial charge in [0, 0.05) is 17.8 Å². The zero-order valence-electron chi connectivity index (χ0n) is 11.5. The SMILES string of the molecule is Cc1ncccc1Nc1c(C(N)=S)cnc2ccccc12. The zero-order chi connectivity index (χ0) is 14.8. The van der Waals surface area contributed by atoms with E-state index in [9.17, 15) is 0 Å². The van der Waals surface area contributed by atoms with Crippen molar-refractivity contribution in [3.63, 3.8) is 0 Å². The van der Waals surface area contributed by atoms with Crippen molar-refractivity contribution in [3.05, 3.63) is 60.0 Å². The van der Waals surface area contributed by atoms with E-state index in [4.69, 9.17) is 18.0 Å². The van der Waals surface area contributed by atoms with Crippen LogP contribution in [-0.2, 0) is 0 Å². The van der Waals surface area contributed by atoms with Crippen LogP contribution in [0.5, 0.6) is 0 Å². The van der Waals surface area contributed by atoms with Crippen LogP contribution in [-0.4, -0.2) is 15.0 Å². The minimum atomic E-state index is 0.317. The number of nitrogens with two attached hydrogens (primary N) is 1. The van der Waals surface area contributed by atoms with Gasteiger partial charge < -0.3 is 11.1 Å². The van der Waals surface area contributed by atoms with Gasteiger partial charge in [-0.25, -0.2) is 0 Å². The van der Waals surface area contributed by atoms with Crippen LogP contribution in [0.15, 0.2) is 48.8 Å². The quantitative estimate of drug-likeness (QED) is 0.726. The monoisotopic (exact) mass is 294 g/mol. The lowest BCUT2D eigenvalue weighted by atomic mass is 10.1. The number of rotatable bonds is 3. The number of nitrogens with zero attached hydrogens (tertiary/aromatic N) is 2. The zero-order valence-corrected chi connectivity index (χ0v) is 12.3. The number of pyridine rings is 2.